The topological polar surface area (TPSA) is 129 Å². The molecule has 172 valence electrons. The quantitative estimate of drug-likeness (QED) is 0.286. The lowest BCUT2D eigenvalue weighted by atomic mass is 10.2. The highest BCUT2D eigenvalue weighted by Gasteiger charge is 2.20. The molecule has 0 fully saturated rings. The molecule has 0 N–H and O–H groups in total. The third-order valence-electron chi connectivity index (χ3n) is 5.18. The first-order valence-electron chi connectivity index (χ1n) is 10.3. The summed E-state index contributed by atoms with van der Waals surface area (Å²) in [7, 11) is -0.591. The lowest BCUT2D eigenvalue weighted by molar-refractivity contribution is -0.384. The minimum Gasteiger partial charge on any atom is -0.326 e. The highest BCUT2D eigenvalue weighted by atomic mass is 32.2. The van der Waals surface area contributed by atoms with Gasteiger partial charge in [-0.1, -0.05) is 19.1 Å². The van der Waals surface area contributed by atoms with Crippen LogP contribution in [-0.2, 0) is 23.1 Å². The molecule has 0 unspecified atom stereocenters. The molecule has 4 aromatic rings. The van der Waals surface area contributed by atoms with Crippen molar-refractivity contribution in [1.82, 2.24) is 28.6 Å². The maximum absolute atomic E-state index is 12.5. The highest BCUT2D eigenvalue weighted by molar-refractivity contribution is 7.89. The maximum Gasteiger partial charge on any atom is 0.270 e. The Hall–Kier alpha value is -3.64. The third kappa shape index (κ3) is 4.34. The van der Waals surface area contributed by atoms with E-state index in [9.17, 15) is 18.5 Å². The van der Waals surface area contributed by atoms with E-state index >= 15 is 0 Å². The predicted molar refractivity (Wildman–Crippen MR) is 122 cm³/mol. The van der Waals surface area contributed by atoms with Crippen LogP contribution in [0.25, 0.3) is 22.4 Å². The largest absolute Gasteiger partial charge is 0.326 e. The van der Waals surface area contributed by atoms with E-state index in [1.54, 1.807) is 41.3 Å². The van der Waals surface area contributed by atoms with E-state index in [1.807, 2.05) is 4.57 Å². The van der Waals surface area contributed by atoms with E-state index in [-0.39, 0.29) is 10.6 Å². The first-order valence-corrected chi connectivity index (χ1v) is 11.7. The second kappa shape index (κ2) is 8.71. The molecule has 33 heavy (non-hydrogen) atoms. The van der Waals surface area contributed by atoms with Gasteiger partial charge in [-0.25, -0.2) is 27.4 Å². The SMILES string of the molecule is CCCn1c(Cn2cnc(-c3cccc([N+](=O)[O-])c3)n2)nc2cc(S(=O)(=O)N(C)C)ccc21. The molecule has 12 heteroatoms. The van der Waals surface area contributed by atoms with Gasteiger partial charge >= 0.3 is 0 Å². The van der Waals surface area contributed by atoms with Gasteiger partial charge in [0.25, 0.3) is 5.69 Å². The Bertz CT molecular complexity index is 1440. The number of benzene rings is 2. The number of imidazole rings is 1. The molecule has 2 heterocycles. The normalized spacial score (nSPS) is 12.0. The molecular weight excluding hydrogens is 446 g/mol. The number of fused-ring (bicyclic) bond motifs is 1. The lowest BCUT2D eigenvalue weighted by Gasteiger charge is -2.11. The summed E-state index contributed by atoms with van der Waals surface area (Å²) in [5.74, 6) is 1.08. The van der Waals surface area contributed by atoms with Crippen molar-refractivity contribution in [3.8, 4) is 11.4 Å². The van der Waals surface area contributed by atoms with E-state index in [4.69, 9.17) is 0 Å². The van der Waals surface area contributed by atoms with Crippen molar-refractivity contribution < 1.29 is 13.3 Å². The molecule has 0 saturated heterocycles. The van der Waals surface area contributed by atoms with Crippen molar-refractivity contribution in [2.24, 2.45) is 0 Å². The molecular formula is C21H23N7O4S. The fourth-order valence-corrected chi connectivity index (χ4v) is 4.45. The molecule has 0 aliphatic rings. The molecule has 0 aliphatic carbocycles. The van der Waals surface area contributed by atoms with E-state index in [2.05, 4.69) is 22.0 Å². The van der Waals surface area contributed by atoms with Crippen LogP contribution in [-0.4, -0.2) is 56.1 Å². The standard InChI is InChI=1S/C21H23N7O4S/c1-4-10-27-19-9-8-17(33(31,32)25(2)3)12-18(19)23-20(27)13-26-14-22-21(24-26)15-6-5-7-16(11-15)28(29)30/h5-9,11-12,14H,4,10,13H2,1-3H3. The summed E-state index contributed by atoms with van der Waals surface area (Å²) in [6, 6.07) is 11.1. The van der Waals surface area contributed by atoms with Crippen LogP contribution < -0.4 is 0 Å². The fraction of sp³-hybridized carbons (Fsp3) is 0.286. The summed E-state index contributed by atoms with van der Waals surface area (Å²) in [4.78, 5) is 19.7. The summed E-state index contributed by atoms with van der Waals surface area (Å²) in [5, 5.41) is 15.5. The Morgan fingerprint density at radius 2 is 1.94 bits per heavy atom. The molecule has 0 aliphatic heterocycles. The Kier molecular flexibility index (Phi) is 5.95. The van der Waals surface area contributed by atoms with Crippen molar-refractivity contribution >= 4 is 26.7 Å². The Morgan fingerprint density at radius 3 is 2.64 bits per heavy atom. The Labute approximate surface area is 190 Å². The van der Waals surface area contributed by atoms with E-state index in [1.165, 1.54) is 30.5 Å². The number of sulfonamides is 1. The molecule has 0 spiro atoms. The summed E-state index contributed by atoms with van der Waals surface area (Å²) >= 11 is 0. The number of hydrogen-bond acceptors (Lipinski definition) is 7. The van der Waals surface area contributed by atoms with Gasteiger partial charge in [-0.15, -0.1) is 0 Å². The van der Waals surface area contributed by atoms with Crippen LogP contribution >= 0.6 is 0 Å². The van der Waals surface area contributed by atoms with Crippen LogP contribution in [0.15, 0.2) is 53.7 Å². The zero-order chi connectivity index (χ0) is 23.8. The molecule has 0 atom stereocenters. The minimum absolute atomic E-state index is 0.0305. The first-order chi connectivity index (χ1) is 15.7. The summed E-state index contributed by atoms with van der Waals surface area (Å²) < 4.78 is 29.8. The van der Waals surface area contributed by atoms with Crippen molar-refractivity contribution in [3.63, 3.8) is 0 Å². The number of rotatable bonds is 8. The number of nitrogens with zero attached hydrogens (tertiary/aromatic N) is 7. The first kappa shape index (κ1) is 22.6. The van der Waals surface area contributed by atoms with Gasteiger partial charge in [-0.2, -0.15) is 5.10 Å². The van der Waals surface area contributed by atoms with Crippen LogP contribution in [0.3, 0.4) is 0 Å². The zero-order valence-corrected chi connectivity index (χ0v) is 19.2. The van der Waals surface area contributed by atoms with Crippen molar-refractivity contribution in [2.75, 3.05) is 14.1 Å². The second-order valence-electron chi connectivity index (χ2n) is 7.69. The molecule has 0 radical (unpaired) electrons. The molecule has 11 nitrogen and oxygen atoms in total. The lowest BCUT2D eigenvalue weighted by Crippen LogP contribution is -2.22. The molecule has 0 saturated carbocycles. The van der Waals surface area contributed by atoms with E-state index in [0.29, 0.717) is 35.8 Å². The maximum atomic E-state index is 12.5. The van der Waals surface area contributed by atoms with Crippen LogP contribution in [0.1, 0.15) is 19.2 Å². The third-order valence-corrected chi connectivity index (χ3v) is 6.99. The smallest absolute Gasteiger partial charge is 0.270 e. The molecule has 0 bridgehead atoms. The van der Waals surface area contributed by atoms with Crippen LogP contribution in [0, 0.1) is 10.1 Å². The highest BCUT2D eigenvalue weighted by Crippen LogP contribution is 2.24. The monoisotopic (exact) mass is 469 g/mol. The van der Waals surface area contributed by atoms with Gasteiger partial charge in [0, 0.05) is 38.3 Å². The summed E-state index contributed by atoms with van der Waals surface area (Å²) in [6.07, 6.45) is 2.41. The van der Waals surface area contributed by atoms with Gasteiger partial charge in [0.1, 0.15) is 18.7 Å². The van der Waals surface area contributed by atoms with Crippen LogP contribution in [0.2, 0.25) is 0 Å². The van der Waals surface area contributed by atoms with Crippen molar-refractivity contribution in [3.05, 3.63) is 64.7 Å². The number of non-ortho nitro benzene ring substituents is 1. The van der Waals surface area contributed by atoms with Gasteiger partial charge in [0.15, 0.2) is 5.82 Å². The van der Waals surface area contributed by atoms with E-state index < -0.39 is 14.9 Å². The molecule has 2 aromatic heterocycles. The number of aromatic nitrogens is 5. The number of aryl methyl sites for hydroxylation is 1. The van der Waals surface area contributed by atoms with Gasteiger partial charge in [0.05, 0.1) is 20.9 Å². The minimum atomic E-state index is -3.57. The average Bonchev–Trinajstić information content (AvgIpc) is 3.38. The van der Waals surface area contributed by atoms with Crippen molar-refractivity contribution in [1.29, 1.82) is 0 Å². The Morgan fingerprint density at radius 1 is 1.15 bits per heavy atom. The fourth-order valence-electron chi connectivity index (χ4n) is 3.53. The average molecular weight is 470 g/mol. The van der Waals surface area contributed by atoms with Gasteiger partial charge in [-0.3, -0.25) is 10.1 Å². The van der Waals surface area contributed by atoms with Gasteiger partial charge in [-0.05, 0) is 24.6 Å². The summed E-state index contributed by atoms with van der Waals surface area (Å²) in [5.41, 5.74) is 1.93. The second-order valence-corrected chi connectivity index (χ2v) is 9.84. The van der Waals surface area contributed by atoms with Gasteiger partial charge in [0.2, 0.25) is 10.0 Å². The predicted octanol–water partition coefficient (Wildman–Crippen LogP) is 2.91. The Balaban J connectivity index is 1.69. The van der Waals surface area contributed by atoms with Crippen molar-refractivity contribution in [2.45, 2.75) is 31.3 Å². The van der Waals surface area contributed by atoms with E-state index in [0.717, 1.165) is 11.9 Å². The number of nitro groups is 1. The zero-order valence-electron chi connectivity index (χ0n) is 18.4. The van der Waals surface area contributed by atoms with Crippen LogP contribution in [0.5, 0.6) is 0 Å². The molecule has 0 amide bonds. The molecule has 4 rings (SSSR count). The summed E-state index contributed by atoms with van der Waals surface area (Å²) in [6.45, 7) is 3.07. The van der Waals surface area contributed by atoms with Gasteiger partial charge < -0.3 is 4.57 Å². The number of hydrogen-bond donors (Lipinski definition) is 0. The van der Waals surface area contributed by atoms with Crippen LogP contribution in [0.4, 0.5) is 5.69 Å². The molecule has 2 aromatic carbocycles. The number of nitro benzene ring substituents is 1.